The third-order valence-corrected chi connectivity index (χ3v) is 2.18. The monoisotopic (exact) mass is 223 g/mol. The minimum atomic E-state index is 0.156. The van der Waals surface area contributed by atoms with Crippen molar-refractivity contribution in [1.82, 2.24) is 9.78 Å². The highest BCUT2D eigenvalue weighted by molar-refractivity contribution is 6.30. The molecule has 2 rings (SSSR count). The summed E-state index contributed by atoms with van der Waals surface area (Å²) in [6, 6.07) is 4.83. The third-order valence-electron chi connectivity index (χ3n) is 1.94. The summed E-state index contributed by atoms with van der Waals surface area (Å²) in [7, 11) is 1.82. The lowest BCUT2D eigenvalue weighted by Crippen LogP contribution is -1.89. The lowest BCUT2D eigenvalue weighted by Gasteiger charge is -2.05. The van der Waals surface area contributed by atoms with Crippen LogP contribution in [0.5, 0.6) is 5.75 Å². The maximum Gasteiger partial charge on any atom is 0.139 e. The molecule has 0 atom stereocenters. The van der Waals surface area contributed by atoms with E-state index in [9.17, 15) is 5.11 Å². The van der Waals surface area contributed by atoms with Crippen LogP contribution in [0.25, 0.3) is 0 Å². The molecule has 2 aromatic rings. The SMILES string of the molecule is Cn1cc(Nc2cc(Cl)ccc2O)cn1. The Morgan fingerprint density at radius 1 is 1.47 bits per heavy atom. The molecule has 1 heterocycles. The topological polar surface area (TPSA) is 50.1 Å². The third kappa shape index (κ3) is 2.22. The first-order valence-corrected chi connectivity index (χ1v) is 4.77. The molecule has 0 radical (unpaired) electrons. The van der Waals surface area contributed by atoms with Gasteiger partial charge in [0.15, 0.2) is 0 Å². The Morgan fingerprint density at radius 3 is 2.93 bits per heavy atom. The molecular formula is C10H10ClN3O. The number of hydrogen-bond acceptors (Lipinski definition) is 3. The summed E-state index contributed by atoms with van der Waals surface area (Å²) in [5.74, 6) is 0.156. The van der Waals surface area contributed by atoms with Crippen molar-refractivity contribution in [1.29, 1.82) is 0 Å². The smallest absolute Gasteiger partial charge is 0.139 e. The van der Waals surface area contributed by atoms with Crippen molar-refractivity contribution in [2.24, 2.45) is 7.05 Å². The van der Waals surface area contributed by atoms with E-state index in [1.807, 2.05) is 7.05 Å². The van der Waals surface area contributed by atoms with Gasteiger partial charge >= 0.3 is 0 Å². The van der Waals surface area contributed by atoms with Gasteiger partial charge in [0, 0.05) is 18.3 Å². The maximum atomic E-state index is 9.55. The molecule has 78 valence electrons. The molecule has 0 aliphatic carbocycles. The van der Waals surface area contributed by atoms with Gasteiger partial charge in [-0.25, -0.2) is 0 Å². The van der Waals surface area contributed by atoms with Crippen molar-refractivity contribution < 1.29 is 5.11 Å². The zero-order chi connectivity index (χ0) is 10.8. The van der Waals surface area contributed by atoms with E-state index in [0.717, 1.165) is 5.69 Å². The average Bonchev–Trinajstić information content (AvgIpc) is 2.58. The molecule has 0 unspecified atom stereocenters. The van der Waals surface area contributed by atoms with Crippen LogP contribution in [0.2, 0.25) is 5.02 Å². The predicted octanol–water partition coefficient (Wildman–Crippen LogP) is 2.52. The van der Waals surface area contributed by atoms with Crippen LogP contribution in [-0.4, -0.2) is 14.9 Å². The predicted molar refractivity (Wildman–Crippen MR) is 59.6 cm³/mol. The van der Waals surface area contributed by atoms with Crippen molar-refractivity contribution in [3.8, 4) is 5.75 Å². The second-order valence-electron chi connectivity index (χ2n) is 3.19. The fourth-order valence-electron chi connectivity index (χ4n) is 1.25. The number of phenols is 1. The number of aromatic hydroxyl groups is 1. The molecule has 0 amide bonds. The van der Waals surface area contributed by atoms with Crippen molar-refractivity contribution in [3.05, 3.63) is 35.6 Å². The minimum Gasteiger partial charge on any atom is -0.506 e. The van der Waals surface area contributed by atoms with Gasteiger partial charge in [-0.1, -0.05) is 11.6 Å². The largest absolute Gasteiger partial charge is 0.506 e. The first-order chi connectivity index (χ1) is 7.15. The van der Waals surface area contributed by atoms with Gasteiger partial charge in [0.25, 0.3) is 0 Å². The molecule has 5 heteroatoms. The van der Waals surface area contributed by atoms with E-state index >= 15 is 0 Å². The highest BCUT2D eigenvalue weighted by Crippen LogP contribution is 2.29. The lowest BCUT2D eigenvalue weighted by molar-refractivity contribution is 0.478. The molecule has 0 saturated carbocycles. The number of aromatic nitrogens is 2. The summed E-state index contributed by atoms with van der Waals surface area (Å²) in [4.78, 5) is 0. The summed E-state index contributed by atoms with van der Waals surface area (Å²) in [6.07, 6.45) is 3.47. The van der Waals surface area contributed by atoms with Gasteiger partial charge in [0.2, 0.25) is 0 Å². The fourth-order valence-corrected chi connectivity index (χ4v) is 1.42. The van der Waals surface area contributed by atoms with Crippen LogP contribution >= 0.6 is 11.6 Å². The van der Waals surface area contributed by atoms with E-state index in [1.165, 1.54) is 0 Å². The zero-order valence-electron chi connectivity index (χ0n) is 8.11. The van der Waals surface area contributed by atoms with Crippen molar-refractivity contribution in [2.45, 2.75) is 0 Å². The van der Waals surface area contributed by atoms with Crippen LogP contribution in [0.3, 0.4) is 0 Å². The Kier molecular flexibility index (Phi) is 2.51. The van der Waals surface area contributed by atoms with Crippen LogP contribution in [0.1, 0.15) is 0 Å². The molecule has 0 aliphatic rings. The molecule has 0 spiro atoms. The first-order valence-electron chi connectivity index (χ1n) is 4.39. The van der Waals surface area contributed by atoms with Crippen LogP contribution in [0.4, 0.5) is 11.4 Å². The molecule has 1 aromatic carbocycles. The molecule has 0 bridgehead atoms. The number of halogens is 1. The summed E-state index contributed by atoms with van der Waals surface area (Å²) >= 11 is 5.82. The van der Waals surface area contributed by atoms with Crippen molar-refractivity contribution in [3.63, 3.8) is 0 Å². The number of anilines is 2. The molecule has 15 heavy (non-hydrogen) atoms. The van der Waals surface area contributed by atoms with E-state index in [-0.39, 0.29) is 5.75 Å². The molecule has 1 aromatic heterocycles. The lowest BCUT2D eigenvalue weighted by atomic mass is 10.3. The molecule has 0 aliphatic heterocycles. The highest BCUT2D eigenvalue weighted by Gasteiger charge is 2.03. The van der Waals surface area contributed by atoms with Gasteiger partial charge < -0.3 is 10.4 Å². The van der Waals surface area contributed by atoms with Crippen LogP contribution in [0, 0.1) is 0 Å². The Bertz CT molecular complexity index is 481. The summed E-state index contributed by atoms with van der Waals surface area (Å²) in [5.41, 5.74) is 1.37. The van der Waals surface area contributed by atoms with E-state index in [2.05, 4.69) is 10.4 Å². The fraction of sp³-hybridized carbons (Fsp3) is 0.100. The quantitative estimate of drug-likeness (QED) is 0.770. The molecule has 0 saturated heterocycles. The zero-order valence-corrected chi connectivity index (χ0v) is 8.86. The minimum absolute atomic E-state index is 0.156. The number of nitrogens with zero attached hydrogens (tertiary/aromatic N) is 2. The number of rotatable bonds is 2. The van der Waals surface area contributed by atoms with Gasteiger partial charge in [-0.2, -0.15) is 5.10 Å². The van der Waals surface area contributed by atoms with E-state index in [4.69, 9.17) is 11.6 Å². The Morgan fingerprint density at radius 2 is 2.27 bits per heavy atom. The molecule has 2 N–H and O–H groups in total. The maximum absolute atomic E-state index is 9.55. The number of hydrogen-bond donors (Lipinski definition) is 2. The second-order valence-corrected chi connectivity index (χ2v) is 3.63. The van der Waals surface area contributed by atoms with E-state index in [0.29, 0.717) is 10.7 Å². The Hall–Kier alpha value is -1.68. The van der Waals surface area contributed by atoms with Gasteiger partial charge in [-0.15, -0.1) is 0 Å². The van der Waals surface area contributed by atoms with Gasteiger partial charge in [0.1, 0.15) is 5.75 Å². The summed E-state index contributed by atoms with van der Waals surface area (Å²) in [5, 5.41) is 17.1. The second kappa shape index (κ2) is 3.82. The normalized spacial score (nSPS) is 10.3. The average molecular weight is 224 g/mol. The van der Waals surface area contributed by atoms with Gasteiger partial charge in [-0.3, -0.25) is 4.68 Å². The molecule has 4 nitrogen and oxygen atoms in total. The Labute approximate surface area is 92.1 Å². The van der Waals surface area contributed by atoms with E-state index in [1.54, 1.807) is 35.3 Å². The number of aryl methyl sites for hydroxylation is 1. The molecular weight excluding hydrogens is 214 g/mol. The standard InChI is InChI=1S/C10H10ClN3O/c1-14-6-8(5-12-14)13-9-4-7(11)2-3-10(9)15/h2-6,13,15H,1H3. The number of phenolic OH excluding ortho intramolecular Hbond substituents is 1. The summed E-state index contributed by atoms with van der Waals surface area (Å²) in [6.45, 7) is 0. The van der Waals surface area contributed by atoms with Crippen molar-refractivity contribution >= 4 is 23.0 Å². The Balaban J connectivity index is 2.27. The van der Waals surface area contributed by atoms with Gasteiger partial charge in [-0.05, 0) is 18.2 Å². The number of nitrogens with one attached hydrogen (secondary N) is 1. The van der Waals surface area contributed by atoms with Crippen LogP contribution in [-0.2, 0) is 7.05 Å². The molecule has 0 fully saturated rings. The summed E-state index contributed by atoms with van der Waals surface area (Å²) < 4.78 is 1.67. The van der Waals surface area contributed by atoms with Crippen LogP contribution < -0.4 is 5.32 Å². The van der Waals surface area contributed by atoms with Crippen LogP contribution in [0.15, 0.2) is 30.6 Å². The number of benzene rings is 1. The van der Waals surface area contributed by atoms with E-state index < -0.39 is 0 Å². The highest BCUT2D eigenvalue weighted by atomic mass is 35.5. The van der Waals surface area contributed by atoms with Gasteiger partial charge in [0.05, 0.1) is 17.6 Å². The van der Waals surface area contributed by atoms with Crippen molar-refractivity contribution in [2.75, 3.05) is 5.32 Å². The first kappa shape index (κ1) is 9.86.